The van der Waals surface area contributed by atoms with E-state index in [1.807, 2.05) is 12.1 Å². The van der Waals surface area contributed by atoms with E-state index in [9.17, 15) is 0 Å². The van der Waals surface area contributed by atoms with Gasteiger partial charge in [0.15, 0.2) is 0 Å². The highest BCUT2D eigenvalue weighted by Gasteiger charge is 2.20. The lowest BCUT2D eigenvalue weighted by Gasteiger charge is -2.20. The van der Waals surface area contributed by atoms with Crippen LogP contribution in [0, 0.1) is 5.92 Å². The maximum absolute atomic E-state index is 6.15. The minimum atomic E-state index is 0.573. The molecule has 1 N–H and O–H groups in total. The summed E-state index contributed by atoms with van der Waals surface area (Å²) in [4.78, 5) is 0. The van der Waals surface area contributed by atoms with E-state index in [0.717, 1.165) is 23.0 Å². The highest BCUT2D eigenvalue weighted by molar-refractivity contribution is 6.35. The SMILES string of the molecule is CC(NCc1ccc(Cl)cc1Cl)C1CCCC1. The lowest BCUT2D eigenvalue weighted by molar-refractivity contribution is 0.380. The summed E-state index contributed by atoms with van der Waals surface area (Å²) in [5.74, 6) is 0.834. The molecular weight excluding hydrogens is 253 g/mol. The molecule has 1 fully saturated rings. The molecular formula is C14H19Cl2N. The first kappa shape index (κ1) is 13.2. The zero-order chi connectivity index (χ0) is 12.3. The largest absolute Gasteiger partial charge is 0.310 e. The zero-order valence-corrected chi connectivity index (χ0v) is 11.7. The van der Waals surface area contributed by atoms with E-state index in [2.05, 4.69) is 12.2 Å². The molecule has 1 atom stereocenters. The number of hydrogen-bond acceptors (Lipinski definition) is 1. The first-order valence-corrected chi connectivity index (χ1v) is 7.09. The van der Waals surface area contributed by atoms with Gasteiger partial charge in [0, 0.05) is 22.6 Å². The fourth-order valence-electron chi connectivity index (χ4n) is 2.56. The summed E-state index contributed by atoms with van der Waals surface area (Å²) in [5, 5.41) is 5.02. The van der Waals surface area contributed by atoms with Gasteiger partial charge in [0.2, 0.25) is 0 Å². The second-order valence-electron chi connectivity index (χ2n) is 4.95. The Bertz CT molecular complexity index is 372. The van der Waals surface area contributed by atoms with Crippen LogP contribution in [0.5, 0.6) is 0 Å². The lowest BCUT2D eigenvalue weighted by atomic mass is 9.99. The lowest BCUT2D eigenvalue weighted by Crippen LogP contribution is -2.31. The number of rotatable bonds is 4. The van der Waals surface area contributed by atoms with Gasteiger partial charge in [-0.1, -0.05) is 42.1 Å². The zero-order valence-electron chi connectivity index (χ0n) is 10.2. The van der Waals surface area contributed by atoms with Gasteiger partial charge in [-0.25, -0.2) is 0 Å². The van der Waals surface area contributed by atoms with Crippen molar-refractivity contribution in [2.45, 2.75) is 45.2 Å². The first-order valence-electron chi connectivity index (χ1n) is 6.34. The third-order valence-electron chi connectivity index (χ3n) is 3.74. The fraction of sp³-hybridized carbons (Fsp3) is 0.571. The molecule has 0 spiro atoms. The van der Waals surface area contributed by atoms with Crippen molar-refractivity contribution in [1.29, 1.82) is 0 Å². The number of hydrogen-bond donors (Lipinski definition) is 1. The van der Waals surface area contributed by atoms with Crippen molar-refractivity contribution >= 4 is 23.2 Å². The topological polar surface area (TPSA) is 12.0 Å². The molecule has 17 heavy (non-hydrogen) atoms. The summed E-state index contributed by atoms with van der Waals surface area (Å²) in [6.07, 6.45) is 5.50. The van der Waals surface area contributed by atoms with E-state index in [0.29, 0.717) is 11.1 Å². The van der Waals surface area contributed by atoms with Crippen molar-refractivity contribution in [2.75, 3.05) is 0 Å². The van der Waals surface area contributed by atoms with E-state index in [1.165, 1.54) is 25.7 Å². The Balaban J connectivity index is 1.88. The van der Waals surface area contributed by atoms with Crippen LogP contribution in [-0.2, 0) is 6.54 Å². The van der Waals surface area contributed by atoms with Gasteiger partial charge in [-0.15, -0.1) is 0 Å². The van der Waals surface area contributed by atoms with Crippen molar-refractivity contribution in [2.24, 2.45) is 5.92 Å². The Morgan fingerprint density at radius 1 is 1.29 bits per heavy atom. The number of benzene rings is 1. The molecule has 3 heteroatoms. The highest BCUT2D eigenvalue weighted by atomic mass is 35.5. The second kappa shape index (κ2) is 6.08. The molecule has 0 aromatic heterocycles. The molecule has 0 aliphatic heterocycles. The molecule has 1 nitrogen and oxygen atoms in total. The maximum atomic E-state index is 6.15. The highest BCUT2D eigenvalue weighted by Crippen LogP contribution is 2.28. The molecule has 0 heterocycles. The maximum Gasteiger partial charge on any atom is 0.0465 e. The molecule has 1 aromatic carbocycles. The van der Waals surface area contributed by atoms with E-state index >= 15 is 0 Å². The number of nitrogens with one attached hydrogen (secondary N) is 1. The van der Waals surface area contributed by atoms with Crippen molar-refractivity contribution in [3.05, 3.63) is 33.8 Å². The van der Waals surface area contributed by atoms with E-state index in [-0.39, 0.29) is 0 Å². The molecule has 0 bridgehead atoms. The summed E-state index contributed by atoms with van der Waals surface area (Å²) in [5.41, 5.74) is 1.13. The third-order valence-corrected chi connectivity index (χ3v) is 4.32. The molecule has 0 radical (unpaired) electrons. The summed E-state index contributed by atoms with van der Waals surface area (Å²) in [7, 11) is 0. The Hall–Kier alpha value is -0.240. The van der Waals surface area contributed by atoms with Crippen LogP contribution in [0.1, 0.15) is 38.2 Å². The summed E-state index contributed by atoms with van der Waals surface area (Å²) < 4.78 is 0. The van der Waals surface area contributed by atoms with Gasteiger partial charge < -0.3 is 5.32 Å². The van der Waals surface area contributed by atoms with Crippen LogP contribution < -0.4 is 5.32 Å². The van der Waals surface area contributed by atoms with Crippen LogP contribution in [-0.4, -0.2) is 6.04 Å². The normalized spacial score (nSPS) is 18.5. The van der Waals surface area contributed by atoms with Crippen LogP contribution in [0.2, 0.25) is 10.0 Å². The number of halogens is 2. The average molecular weight is 272 g/mol. The van der Waals surface area contributed by atoms with E-state index < -0.39 is 0 Å². The standard InChI is InChI=1S/C14H19Cl2N/c1-10(11-4-2-3-5-11)17-9-12-6-7-13(15)8-14(12)16/h6-8,10-11,17H,2-5,9H2,1H3. The van der Waals surface area contributed by atoms with Gasteiger partial charge in [0.25, 0.3) is 0 Å². The molecule has 1 aliphatic rings. The molecule has 1 aliphatic carbocycles. The Labute approximate surface area is 114 Å². The van der Waals surface area contributed by atoms with Crippen molar-refractivity contribution < 1.29 is 0 Å². The van der Waals surface area contributed by atoms with Gasteiger partial charge in [0.05, 0.1) is 0 Å². The first-order chi connectivity index (χ1) is 8.16. The molecule has 94 valence electrons. The van der Waals surface area contributed by atoms with Crippen LogP contribution in [0.3, 0.4) is 0 Å². The Kier molecular flexibility index (Phi) is 4.72. The van der Waals surface area contributed by atoms with Gasteiger partial charge in [0.1, 0.15) is 0 Å². The van der Waals surface area contributed by atoms with Crippen LogP contribution in [0.4, 0.5) is 0 Å². The Morgan fingerprint density at radius 3 is 2.65 bits per heavy atom. The third kappa shape index (κ3) is 3.61. The van der Waals surface area contributed by atoms with Crippen LogP contribution in [0.15, 0.2) is 18.2 Å². The van der Waals surface area contributed by atoms with Crippen LogP contribution >= 0.6 is 23.2 Å². The summed E-state index contributed by atoms with van der Waals surface area (Å²) in [6, 6.07) is 6.27. The molecule has 1 saturated carbocycles. The Morgan fingerprint density at radius 2 is 2.00 bits per heavy atom. The average Bonchev–Trinajstić information content (AvgIpc) is 2.81. The predicted molar refractivity (Wildman–Crippen MR) is 74.7 cm³/mol. The second-order valence-corrected chi connectivity index (χ2v) is 5.79. The molecule has 2 rings (SSSR count). The minimum absolute atomic E-state index is 0.573. The monoisotopic (exact) mass is 271 g/mol. The van der Waals surface area contributed by atoms with Crippen LogP contribution in [0.25, 0.3) is 0 Å². The van der Waals surface area contributed by atoms with E-state index in [1.54, 1.807) is 6.07 Å². The molecule has 0 saturated heterocycles. The molecule has 0 amide bonds. The minimum Gasteiger partial charge on any atom is -0.310 e. The van der Waals surface area contributed by atoms with Gasteiger partial charge in [-0.2, -0.15) is 0 Å². The quantitative estimate of drug-likeness (QED) is 0.840. The van der Waals surface area contributed by atoms with Crippen molar-refractivity contribution in [1.82, 2.24) is 5.32 Å². The molecule has 1 aromatic rings. The predicted octanol–water partition coefficient (Wildman–Crippen LogP) is 4.66. The summed E-state index contributed by atoms with van der Waals surface area (Å²) in [6.45, 7) is 3.10. The molecule has 1 unspecified atom stereocenters. The van der Waals surface area contributed by atoms with Crippen molar-refractivity contribution in [3.8, 4) is 0 Å². The summed E-state index contributed by atoms with van der Waals surface area (Å²) >= 11 is 12.0. The van der Waals surface area contributed by atoms with Gasteiger partial charge in [-0.3, -0.25) is 0 Å². The van der Waals surface area contributed by atoms with Crippen molar-refractivity contribution in [3.63, 3.8) is 0 Å². The smallest absolute Gasteiger partial charge is 0.0465 e. The van der Waals surface area contributed by atoms with E-state index in [4.69, 9.17) is 23.2 Å². The van der Waals surface area contributed by atoms with Gasteiger partial charge in [-0.05, 0) is 43.4 Å². The van der Waals surface area contributed by atoms with Gasteiger partial charge >= 0.3 is 0 Å². The fourth-order valence-corrected chi connectivity index (χ4v) is 3.04.